The maximum atomic E-state index is 11.6. The van der Waals surface area contributed by atoms with E-state index in [0.29, 0.717) is 16.5 Å². The fourth-order valence-corrected chi connectivity index (χ4v) is 1.42. The molecule has 1 heterocycles. The van der Waals surface area contributed by atoms with Crippen LogP contribution >= 0.6 is 11.6 Å². The highest BCUT2D eigenvalue weighted by molar-refractivity contribution is 6.30. The van der Waals surface area contributed by atoms with Gasteiger partial charge < -0.3 is 10.4 Å². The number of nitrogens with zero attached hydrogens (tertiary/aromatic N) is 1. The SMILES string of the molecule is O=C(Nc1cccc(O)c1)Nc1ccc(Cl)cn1. The van der Waals surface area contributed by atoms with E-state index in [9.17, 15) is 9.90 Å². The molecule has 5 nitrogen and oxygen atoms in total. The number of rotatable bonds is 2. The van der Waals surface area contributed by atoms with Crippen molar-refractivity contribution < 1.29 is 9.90 Å². The largest absolute Gasteiger partial charge is 0.508 e. The lowest BCUT2D eigenvalue weighted by Gasteiger charge is -2.07. The Kier molecular flexibility index (Phi) is 3.64. The highest BCUT2D eigenvalue weighted by Crippen LogP contribution is 2.15. The number of carbonyl (C=O) groups is 1. The molecule has 0 unspecified atom stereocenters. The van der Waals surface area contributed by atoms with E-state index in [4.69, 9.17) is 11.6 Å². The number of phenolic OH excluding ortho intramolecular Hbond substituents is 1. The molecule has 0 atom stereocenters. The van der Waals surface area contributed by atoms with Crippen molar-refractivity contribution in [1.29, 1.82) is 0 Å². The van der Waals surface area contributed by atoms with Crippen LogP contribution in [0, 0.1) is 0 Å². The molecule has 0 fully saturated rings. The minimum absolute atomic E-state index is 0.0809. The van der Waals surface area contributed by atoms with Crippen LogP contribution in [0.15, 0.2) is 42.6 Å². The minimum atomic E-state index is -0.449. The number of anilines is 2. The van der Waals surface area contributed by atoms with Gasteiger partial charge in [-0.25, -0.2) is 9.78 Å². The number of phenols is 1. The number of hydrogen-bond acceptors (Lipinski definition) is 3. The van der Waals surface area contributed by atoms with E-state index in [2.05, 4.69) is 15.6 Å². The van der Waals surface area contributed by atoms with E-state index in [1.807, 2.05) is 0 Å². The molecule has 0 saturated heterocycles. The number of benzene rings is 1. The first kappa shape index (κ1) is 12.2. The summed E-state index contributed by atoms with van der Waals surface area (Å²) in [5, 5.41) is 14.8. The Bertz CT molecular complexity index is 558. The zero-order valence-corrected chi connectivity index (χ0v) is 9.98. The van der Waals surface area contributed by atoms with Gasteiger partial charge in [0.15, 0.2) is 0 Å². The van der Waals surface area contributed by atoms with E-state index in [0.717, 1.165) is 0 Å². The van der Waals surface area contributed by atoms with E-state index in [1.54, 1.807) is 24.3 Å². The van der Waals surface area contributed by atoms with Crippen molar-refractivity contribution in [3.63, 3.8) is 0 Å². The summed E-state index contributed by atoms with van der Waals surface area (Å²) in [6.45, 7) is 0. The van der Waals surface area contributed by atoms with E-state index in [1.165, 1.54) is 18.3 Å². The number of amides is 2. The third kappa shape index (κ3) is 3.36. The maximum absolute atomic E-state index is 11.6. The molecule has 1 aromatic heterocycles. The monoisotopic (exact) mass is 263 g/mol. The second kappa shape index (κ2) is 5.37. The van der Waals surface area contributed by atoms with E-state index < -0.39 is 6.03 Å². The normalized spacial score (nSPS) is 9.83. The molecule has 0 aliphatic heterocycles. The predicted molar refractivity (Wildman–Crippen MR) is 70.0 cm³/mol. The maximum Gasteiger partial charge on any atom is 0.324 e. The topological polar surface area (TPSA) is 74.2 Å². The molecule has 0 aliphatic carbocycles. The predicted octanol–water partition coefficient (Wildman–Crippen LogP) is 3.08. The first-order valence-corrected chi connectivity index (χ1v) is 5.50. The van der Waals surface area contributed by atoms with Gasteiger partial charge in [-0.3, -0.25) is 5.32 Å². The van der Waals surface area contributed by atoms with Gasteiger partial charge in [0.25, 0.3) is 0 Å². The fourth-order valence-electron chi connectivity index (χ4n) is 1.31. The molecule has 92 valence electrons. The zero-order valence-electron chi connectivity index (χ0n) is 9.22. The third-order valence-corrected chi connectivity index (χ3v) is 2.30. The smallest absolute Gasteiger partial charge is 0.324 e. The highest BCUT2D eigenvalue weighted by atomic mass is 35.5. The van der Waals surface area contributed by atoms with Crippen molar-refractivity contribution in [3.8, 4) is 5.75 Å². The van der Waals surface area contributed by atoms with Gasteiger partial charge >= 0.3 is 6.03 Å². The second-order valence-corrected chi connectivity index (χ2v) is 3.93. The lowest BCUT2D eigenvalue weighted by molar-refractivity contribution is 0.262. The molecule has 2 amide bonds. The first-order chi connectivity index (χ1) is 8.63. The van der Waals surface area contributed by atoms with Crippen molar-refractivity contribution in [1.82, 2.24) is 4.98 Å². The molecule has 0 aliphatic rings. The summed E-state index contributed by atoms with van der Waals surface area (Å²) in [5.74, 6) is 0.467. The van der Waals surface area contributed by atoms with Crippen LogP contribution in [0.2, 0.25) is 5.02 Å². The van der Waals surface area contributed by atoms with E-state index in [-0.39, 0.29) is 5.75 Å². The molecule has 18 heavy (non-hydrogen) atoms. The average molecular weight is 264 g/mol. The Labute approximate surface area is 108 Å². The Balaban J connectivity index is 1.98. The molecule has 0 radical (unpaired) electrons. The van der Waals surface area contributed by atoms with E-state index >= 15 is 0 Å². The van der Waals surface area contributed by atoms with Gasteiger partial charge in [-0.15, -0.1) is 0 Å². The van der Waals surface area contributed by atoms with Crippen molar-refractivity contribution in [2.24, 2.45) is 0 Å². The third-order valence-electron chi connectivity index (χ3n) is 2.07. The summed E-state index contributed by atoms with van der Waals surface area (Å²) in [5.41, 5.74) is 0.487. The van der Waals surface area contributed by atoms with Gasteiger partial charge in [-0.2, -0.15) is 0 Å². The summed E-state index contributed by atoms with van der Waals surface area (Å²) in [4.78, 5) is 15.5. The number of aromatic nitrogens is 1. The Morgan fingerprint density at radius 2 is 2.06 bits per heavy atom. The number of hydrogen-bond donors (Lipinski definition) is 3. The van der Waals surface area contributed by atoms with Gasteiger partial charge in [0.2, 0.25) is 0 Å². The van der Waals surface area contributed by atoms with Crippen LogP contribution in [0.4, 0.5) is 16.3 Å². The second-order valence-electron chi connectivity index (χ2n) is 3.49. The van der Waals surface area contributed by atoms with Crippen LogP contribution in [0.3, 0.4) is 0 Å². The molecular formula is C12H10ClN3O2. The molecule has 0 spiro atoms. The number of nitrogens with one attached hydrogen (secondary N) is 2. The van der Waals surface area contributed by atoms with Gasteiger partial charge in [-0.05, 0) is 24.3 Å². The zero-order chi connectivity index (χ0) is 13.0. The summed E-state index contributed by atoms with van der Waals surface area (Å²) in [6, 6.07) is 9.01. The first-order valence-electron chi connectivity index (χ1n) is 5.12. The molecule has 3 N–H and O–H groups in total. The minimum Gasteiger partial charge on any atom is -0.508 e. The number of urea groups is 1. The Morgan fingerprint density at radius 1 is 1.22 bits per heavy atom. The van der Waals surface area contributed by atoms with Crippen LogP contribution in [0.25, 0.3) is 0 Å². The molecule has 1 aromatic carbocycles. The molecule has 2 rings (SSSR count). The molecule has 0 saturated carbocycles. The fraction of sp³-hybridized carbons (Fsp3) is 0. The number of aromatic hydroxyl groups is 1. The Morgan fingerprint density at radius 3 is 2.72 bits per heavy atom. The van der Waals surface area contributed by atoms with Crippen molar-refractivity contribution >= 4 is 29.1 Å². The summed E-state index contributed by atoms with van der Waals surface area (Å²) in [6.07, 6.45) is 1.44. The summed E-state index contributed by atoms with van der Waals surface area (Å²) in [7, 11) is 0. The molecule has 6 heteroatoms. The number of pyridine rings is 1. The Hall–Kier alpha value is -2.27. The van der Waals surface area contributed by atoms with Gasteiger partial charge in [0.1, 0.15) is 11.6 Å². The average Bonchev–Trinajstić information content (AvgIpc) is 2.32. The lowest BCUT2D eigenvalue weighted by atomic mass is 10.3. The van der Waals surface area contributed by atoms with Gasteiger partial charge in [0, 0.05) is 18.0 Å². The van der Waals surface area contributed by atoms with Crippen LogP contribution in [0.1, 0.15) is 0 Å². The summed E-state index contributed by atoms with van der Waals surface area (Å²) >= 11 is 5.68. The van der Waals surface area contributed by atoms with Crippen molar-refractivity contribution in [2.45, 2.75) is 0 Å². The van der Waals surface area contributed by atoms with Gasteiger partial charge in [0.05, 0.1) is 5.02 Å². The highest BCUT2D eigenvalue weighted by Gasteiger charge is 2.03. The lowest BCUT2D eigenvalue weighted by Crippen LogP contribution is -2.19. The standard InChI is InChI=1S/C12H10ClN3O2/c13-8-4-5-11(14-7-8)16-12(18)15-9-2-1-3-10(17)6-9/h1-7,17H,(H2,14,15,16,18). The van der Waals surface area contributed by atoms with Crippen LogP contribution in [-0.2, 0) is 0 Å². The van der Waals surface area contributed by atoms with Crippen LogP contribution in [0.5, 0.6) is 5.75 Å². The number of carbonyl (C=O) groups excluding carboxylic acids is 1. The quantitative estimate of drug-likeness (QED) is 0.779. The molecular weight excluding hydrogens is 254 g/mol. The van der Waals surface area contributed by atoms with Crippen LogP contribution in [-0.4, -0.2) is 16.1 Å². The van der Waals surface area contributed by atoms with Crippen molar-refractivity contribution in [3.05, 3.63) is 47.6 Å². The number of halogens is 1. The van der Waals surface area contributed by atoms with Gasteiger partial charge in [-0.1, -0.05) is 17.7 Å². The van der Waals surface area contributed by atoms with Crippen LogP contribution < -0.4 is 10.6 Å². The molecule has 2 aromatic rings. The molecule has 0 bridgehead atoms. The van der Waals surface area contributed by atoms with Crippen molar-refractivity contribution in [2.75, 3.05) is 10.6 Å². The summed E-state index contributed by atoms with van der Waals surface area (Å²) < 4.78 is 0.